The maximum absolute atomic E-state index is 12.6. The summed E-state index contributed by atoms with van der Waals surface area (Å²) in [5, 5.41) is 9.15. The van der Waals surface area contributed by atoms with Gasteiger partial charge in [0.25, 0.3) is 5.91 Å². The van der Waals surface area contributed by atoms with Gasteiger partial charge in [-0.25, -0.2) is 9.97 Å². The van der Waals surface area contributed by atoms with E-state index in [1.807, 2.05) is 20.9 Å². The molecule has 0 bridgehead atoms. The molecule has 0 saturated carbocycles. The van der Waals surface area contributed by atoms with E-state index in [1.165, 1.54) is 0 Å². The summed E-state index contributed by atoms with van der Waals surface area (Å²) in [4.78, 5) is 25.3. The first-order chi connectivity index (χ1) is 12.5. The van der Waals surface area contributed by atoms with Gasteiger partial charge in [0.1, 0.15) is 12.1 Å². The zero-order valence-corrected chi connectivity index (χ0v) is 15.1. The van der Waals surface area contributed by atoms with Crippen LogP contribution in [0.3, 0.4) is 0 Å². The minimum atomic E-state index is -0.113. The van der Waals surface area contributed by atoms with Crippen molar-refractivity contribution in [2.45, 2.75) is 19.8 Å². The van der Waals surface area contributed by atoms with E-state index in [0.717, 1.165) is 22.5 Å². The van der Waals surface area contributed by atoms with Crippen LogP contribution in [0.1, 0.15) is 36.0 Å². The lowest BCUT2D eigenvalue weighted by molar-refractivity contribution is 0.0704. The van der Waals surface area contributed by atoms with E-state index in [9.17, 15) is 4.79 Å². The first-order valence-electron chi connectivity index (χ1n) is 8.68. The number of aromatic nitrogens is 5. The minimum Gasteiger partial charge on any atom is -0.352 e. The van der Waals surface area contributed by atoms with Crippen molar-refractivity contribution in [2.24, 2.45) is 7.05 Å². The number of carbonyl (C=O) groups is 1. The molecule has 9 nitrogen and oxygen atoms in total. The normalized spacial score (nSPS) is 15.2. The zero-order chi connectivity index (χ0) is 18.3. The van der Waals surface area contributed by atoms with Gasteiger partial charge in [-0.15, -0.1) is 0 Å². The topological polar surface area (TPSA) is 93.2 Å². The molecule has 0 atom stereocenters. The van der Waals surface area contributed by atoms with E-state index in [1.54, 1.807) is 28.2 Å². The fourth-order valence-corrected chi connectivity index (χ4v) is 3.14. The number of nitrogens with zero attached hydrogens (tertiary/aromatic N) is 7. The maximum atomic E-state index is 12.6. The van der Waals surface area contributed by atoms with Crippen molar-refractivity contribution in [3.63, 3.8) is 0 Å². The highest BCUT2D eigenvalue weighted by Gasteiger charge is 2.27. The molecule has 1 fully saturated rings. The van der Waals surface area contributed by atoms with Gasteiger partial charge in [0.2, 0.25) is 5.76 Å². The molecule has 0 unspecified atom stereocenters. The van der Waals surface area contributed by atoms with Crippen LogP contribution in [0.2, 0.25) is 0 Å². The lowest BCUT2D eigenvalue weighted by atomic mass is 10.1. The van der Waals surface area contributed by atoms with Crippen molar-refractivity contribution in [2.75, 3.05) is 31.1 Å². The minimum absolute atomic E-state index is 0.113. The van der Waals surface area contributed by atoms with E-state index in [4.69, 9.17) is 4.52 Å². The Bertz CT molecular complexity index is 938. The summed E-state index contributed by atoms with van der Waals surface area (Å²) < 4.78 is 6.96. The summed E-state index contributed by atoms with van der Waals surface area (Å²) in [6.07, 6.45) is 3.34. The molecule has 136 valence electrons. The Labute approximate surface area is 150 Å². The summed E-state index contributed by atoms with van der Waals surface area (Å²) in [5.41, 5.74) is 1.60. The highest BCUT2D eigenvalue weighted by atomic mass is 16.5. The zero-order valence-electron chi connectivity index (χ0n) is 15.1. The third kappa shape index (κ3) is 2.79. The van der Waals surface area contributed by atoms with E-state index in [2.05, 4.69) is 25.1 Å². The standard InChI is InChI=1S/C17H21N7O2/c1-11(2)13-8-14(26-21-13)17(25)24-6-4-23(5-7-24)16-12-9-20-22(3)15(12)18-10-19-16/h8-11H,4-7H2,1-3H3. The number of rotatable bonds is 3. The Balaban J connectivity index is 1.47. The van der Waals surface area contributed by atoms with Crippen LogP contribution in [-0.2, 0) is 7.05 Å². The summed E-state index contributed by atoms with van der Waals surface area (Å²) in [6, 6.07) is 1.74. The second kappa shape index (κ2) is 6.40. The van der Waals surface area contributed by atoms with Gasteiger partial charge in [0, 0.05) is 39.3 Å². The highest BCUT2D eigenvalue weighted by Crippen LogP contribution is 2.24. The summed E-state index contributed by atoms with van der Waals surface area (Å²) in [5.74, 6) is 1.28. The molecule has 0 radical (unpaired) electrons. The Morgan fingerprint density at radius 1 is 1.19 bits per heavy atom. The molecule has 26 heavy (non-hydrogen) atoms. The largest absolute Gasteiger partial charge is 0.352 e. The van der Waals surface area contributed by atoms with Gasteiger partial charge in [-0.05, 0) is 5.92 Å². The first-order valence-corrected chi connectivity index (χ1v) is 8.68. The number of fused-ring (bicyclic) bond motifs is 1. The molecule has 1 aliphatic heterocycles. The second-order valence-electron chi connectivity index (χ2n) is 6.75. The quantitative estimate of drug-likeness (QED) is 0.702. The monoisotopic (exact) mass is 355 g/mol. The Kier molecular flexibility index (Phi) is 4.06. The Morgan fingerprint density at radius 2 is 1.96 bits per heavy atom. The SMILES string of the molecule is CC(C)c1cc(C(=O)N2CCN(c3ncnc4c3cnn4C)CC2)on1. The van der Waals surface area contributed by atoms with Crippen LogP contribution >= 0.6 is 0 Å². The van der Waals surface area contributed by atoms with E-state index in [-0.39, 0.29) is 11.8 Å². The second-order valence-corrected chi connectivity index (χ2v) is 6.75. The molecular weight excluding hydrogens is 334 g/mol. The molecule has 3 aromatic rings. The third-order valence-corrected chi connectivity index (χ3v) is 4.71. The van der Waals surface area contributed by atoms with Crippen LogP contribution < -0.4 is 4.90 Å². The predicted molar refractivity (Wildman–Crippen MR) is 95.0 cm³/mol. The van der Waals surface area contributed by atoms with Gasteiger partial charge in [0.15, 0.2) is 5.65 Å². The number of anilines is 1. The molecule has 0 aromatic carbocycles. The maximum Gasteiger partial charge on any atom is 0.292 e. The van der Waals surface area contributed by atoms with Crippen molar-refractivity contribution in [1.82, 2.24) is 29.8 Å². The first kappa shape index (κ1) is 16.5. The van der Waals surface area contributed by atoms with Crippen LogP contribution in [0, 0.1) is 0 Å². The lowest BCUT2D eigenvalue weighted by Gasteiger charge is -2.35. The van der Waals surface area contributed by atoms with Crippen LogP contribution in [0.15, 0.2) is 23.1 Å². The summed E-state index contributed by atoms with van der Waals surface area (Å²) in [6.45, 7) is 6.62. The molecule has 0 spiro atoms. The fraction of sp³-hybridized carbons (Fsp3) is 0.471. The number of amides is 1. The fourth-order valence-electron chi connectivity index (χ4n) is 3.14. The van der Waals surface area contributed by atoms with E-state index in [0.29, 0.717) is 31.9 Å². The van der Waals surface area contributed by atoms with Gasteiger partial charge in [-0.3, -0.25) is 9.48 Å². The van der Waals surface area contributed by atoms with Gasteiger partial charge >= 0.3 is 0 Å². The average Bonchev–Trinajstić information content (AvgIpc) is 3.29. The number of aryl methyl sites for hydroxylation is 1. The third-order valence-electron chi connectivity index (χ3n) is 4.71. The molecule has 0 aliphatic carbocycles. The molecular formula is C17H21N7O2. The predicted octanol–water partition coefficient (Wildman–Crippen LogP) is 1.44. The van der Waals surface area contributed by atoms with Gasteiger partial charge in [-0.2, -0.15) is 5.10 Å². The van der Waals surface area contributed by atoms with E-state index < -0.39 is 0 Å². The smallest absolute Gasteiger partial charge is 0.292 e. The molecule has 4 heterocycles. The van der Waals surface area contributed by atoms with Crippen LogP contribution in [0.5, 0.6) is 0 Å². The van der Waals surface area contributed by atoms with Gasteiger partial charge < -0.3 is 14.3 Å². The van der Waals surface area contributed by atoms with Crippen molar-refractivity contribution in [1.29, 1.82) is 0 Å². The van der Waals surface area contributed by atoms with Crippen molar-refractivity contribution in [3.8, 4) is 0 Å². The van der Waals surface area contributed by atoms with Crippen LogP contribution in [-0.4, -0.2) is 61.9 Å². The average molecular weight is 355 g/mol. The number of piperazine rings is 1. The van der Waals surface area contributed by atoms with Crippen molar-refractivity contribution < 1.29 is 9.32 Å². The Morgan fingerprint density at radius 3 is 2.65 bits per heavy atom. The van der Waals surface area contributed by atoms with Gasteiger partial charge in [0.05, 0.1) is 17.3 Å². The van der Waals surface area contributed by atoms with Crippen LogP contribution in [0.25, 0.3) is 11.0 Å². The lowest BCUT2D eigenvalue weighted by Crippen LogP contribution is -2.49. The van der Waals surface area contributed by atoms with E-state index >= 15 is 0 Å². The van der Waals surface area contributed by atoms with Crippen molar-refractivity contribution >= 4 is 22.8 Å². The van der Waals surface area contributed by atoms with Crippen molar-refractivity contribution in [3.05, 3.63) is 30.0 Å². The highest BCUT2D eigenvalue weighted by molar-refractivity contribution is 5.92. The van der Waals surface area contributed by atoms with Crippen LogP contribution in [0.4, 0.5) is 5.82 Å². The molecule has 4 rings (SSSR count). The summed E-state index contributed by atoms with van der Waals surface area (Å²) in [7, 11) is 1.86. The molecule has 9 heteroatoms. The number of hydrogen-bond donors (Lipinski definition) is 0. The molecule has 0 N–H and O–H groups in total. The van der Waals surface area contributed by atoms with Gasteiger partial charge in [-0.1, -0.05) is 19.0 Å². The molecule has 1 amide bonds. The molecule has 1 saturated heterocycles. The summed E-state index contributed by atoms with van der Waals surface area (Å²) >= 11 is 0. The number of carbonyl (C=O) groups excluding carboxylic acids is 1. The number of hydrogen-bond acceptors (Lipinski definition) is 7. The Hall–Kier alpha value is -2.97. The molecule has 1 aliphatic rings. The molecule has 3 aromatic heterocycles.